The van der Waals surface area contributed by atoms with E-state index < -0.39 is 0 Å². The van der Waals surface area contributed by atoms with Gasteiger partial charge in [-0.25, -0.2) is 4.98 Å². The van der Waals surface area contributed by atoms with Crippen LogP contribution in [0.5, 0.6) is 0 Å². The van der Waals surface area contributed by atoms with Crippen molar-refractivity contribution in [3.05, 3.63) is 39.7 Å². The summed E-state index contributed by atoms with van der Waals surface area (Å²) in [5, 5.41) is 1.01. The van der Waals surface area contributed by atoms with Crippen LogP contribution in [0.25, 0.3) is 11.3 Å². The average Bonchev–Trinajstić information content (AvgIpc) is 3.02. The summed E-state index contributed by atoms with van der Waals surface area (Å²) < 4.78 is 5.92. The highest BCUT2D eigenvalue weighted by atomic mass is 32.1. The average molecular weight is 371 g/mol. The molecule has 2 aromatic rings. The molecule has 2 atom stereocenters. The Labute approximate surface area is 159 Å². The zero-order valence-corrected chi connectivity index (χ0v) is 16.3. The lowest BCUT2D eigenvalue weighted by Gasteiger charge is -2.43. The van der Waals surface area contributed by atoms with E-state index >= 15 is 0 Å². The monoisotopic (exact) mass is 370 g/mol. The van der Waals surface area contributed by atoms with Crippen LogP contribution in [0, 0.1) is 13.8 Å². The zero-order valence-electron chi connectivity index (χ0n) is 15.5. The Morgan fingerprint density at radius 2 is 2.00 bits per heavy atom. The molecular weight excluding hydrogens is 344 g/mol. The van der Waals surface area contributed by atoms with Gasteiger partial charge in [0.15, 0.2) is 0 Å². The van der Waals surface area contributed by atoms with Gasteiger partial charge in [-0.2, -0.15) is 0 Å². The van der Waals surface area contributed by atoms with Crippen molar-refractivity contribution in [3.8, 4) is 11.3 Å². The van der Waals surface area contributed by atoms with Gasteiger partial charge in [0.25, 0.3) is 0 Å². The lowest BCUT2D eigenvalue weighted by Crippen LogP contribution is -2.55. The van der Waals surface area contributed by atoms with Crippen LogP contribution in [-0.4, -0.2) is 41.1 Å². The number of aromatic nitrogens is 1. The van der Waals surface area contributed by atoms with E-state index in [2.05, 4.69) is 36.1 Å². The van der Waals surface area contributed by atoms with Gasteiger partial charge in [0.1, 0.15) is 0 Å². The van der Waals surface area contributed by atoms with Gasteiger partial charge in [-0.05, 0) is 26.7 Å². The first-order chi connectivity index (χ1) is 12.6. The maximum Gasteiger partial charge on any atom is 0.228 e. The number of hydrogen-bond acceptors (Lipinski definition) is 4. The molecule has 1 saturated heterocycles. The van der Waals surface area contributed by atoms with Gasteiger partial charge in [-0.1, -0.05) is 42.7 Å². The minimum atomic E-state index is 0.224. The number of hydrogen-bond donors (Lipinski definition) is 0. The van der Waals surface area contributed by atoms with Crippen LogP contribution < -0.4 is 0 Å². The summed E-state index contributed by atoms with van der Waals surface area (Å²) in [6, 6.07) is 8.67. The van der Waals surface area contributed by atoms with Gasteiger partial charge in [-0.15, -0.1) is 11.3 Å². The summed E-state index contributed by atoms with van der Waals surface area (Å²) in [5.41, 5.74) is 3.30. The minimum absolute atomic E-state index is 0.224. The fourth-order valence-corrected chi connectivity index (χ4v) is 5.12. The number of ether oxygens (including phenoxy) is 1. The second-order valence-corrected chi connectivity index (χ2v) is 8.68. The van der Waals surface area contributed by atoms with Crippen molar-refractivity contribution in [2.24, 2.45) is 0 Å². The topological polar surface area (TPSA) is 42.4 Å². The van der Waals surface area contributed by atoms with Crippen LogP contribution in [0.2, 0.25) is 0 Å². The molecule has 1 amide bonds. The molecule has 0 N–H and O–H groups in total. The van der Waals surface area contributed by atoms with Crippen molar-refractivity contribution in [3.63, 3.8) is 0 Å². The second-order valence-electron chi connectivity index (χ2n) is 7.40. The first-order valence-corrected chi connectivity index (χ1v) is 10.4. The molecule has 4 rings (SSSR count). The molecule has 26 heavy (non-hydrogen) atoms. The van der Waals surface area contributed by atoms with Crippen molar-refractivity contribution in [1.82, 2.24) is 9.88 Å². The van der Waals surface area contributed by atoms with Crippen molar-refractivity contribution in [2.45, 2.75) is 58.1 Å². The SMILES string of the molecule is Cc1ccc(-c2nc(C)sc2CC(=O)N2CCOC3CCCCC32)cc1. The standard InChI is InChI=1S/C21H26N2O2S/c1-14-7-9-16(10-8-14)21-19(26-15(2)22-21)13-20(24)23-11-12-25-18-6-4-3-5-17(18)23/h7-10,17-18H,3-6,11-13H2,1-2H3. The summed E-state index contributed by atoms with van der Waals surface area (Å²) in [6.45, 7) is 5.48. The molecule has 1 aliphatic heterocycles. The van der Waals surface area contributed by atoms with Gasteiger partial charge < -0.3 is 9.64 Å². The number of morpholine rings is 1. The molecule has 138 valence electrons. The molecule has 2 unspecified atom stereocenters. The number of thiazole rings is 1. The molecule has 0 spiro atoms. The molecule has 0 bridgehead atoms. The molecule has 1 aromatic carbocycles. The quantitative estimate of drug-likeness (QED) is 0.815. The third kappa shape index (κ3) is 3.55. The van der Waals surface area contributed by atoms with Crippen molar-refractivity contribution < 1.29 is 9.53 Å². The predicted molar refractivity (Wildman–Crippen MR) is 104 cm³/mol. The number of fused-ring (bicyclic) bond motifs is 1. The number of carbonyl (C=O) groups excluding carboxylic acids is 1. The normalized spacial score (nSPS) is 22.9. The Kier molecular flexibility index (Phi) is 5.09. The maximum atomic E-state index is 13.1. The fourth-order valence-electron chi connectivity index (χ4n) is 4.17. The molecule has 2 aliphatic rings. The first kappa shape index (κ1) is 17.7. The molecule has 2 fully saturated rings. The largest absolute Gasteiger partial charge is 0.374 e. The van der Waals surface area contributed by atoms with Crippen LogP contribution in [0.4, 0.5) is 0 Å². The van der Waals surface area contributed by atoms with Crippen LogP contribution in [0.3, 0.4) is 0 Å². The fraction of sp³-hybridized carbons (Fsp3) is 0.524. The Morgan fingerprint density at radius 1 is 1.23 bits per heavy atom. The zero-order chi connectivity index (χ0) is 18.1. The van der Waals surface area contributed by atoms with Gasteiger partial charge in [-0.3, -0.25) is 4.79 Å². The minimum Gasteiger partial charge on any atom is -0.374 e. The Balaban J connectivity index is 1.55. The van der Waals surface area contributed by atoms with E-state index in [1.54, 1.807) is 11.3 Å². The Hall–Kier alpha value is -1.72. The third-order valence-electron chi connectivity index (χ3n) is 5.49. The van der Waals surface area contributed by atoms with E-state index in [4.69, 9.17) is 9.72 Å². The number of rotatable bonds is 3. The number of benzene rings is 1. The smallest absolute Gasteiger partial charge is 0.228 e. The van der Waals surface area contributed by atoms with E-state index in [-0.39, 0.29) is 18.1 Å². The van der Waals surface area contributed by atoms with E-state index in [9.17, 15) is 4.79 Å². The number of aryl methyl sites for hydroxylation is 2. The van der Waals surface area contributed by atoms with Crippen LogP contribution in [0.15, 0.2) is 24.3 Å². The summed E-state index contributed by atoms with van der Waals surface area (Å²) in [5.74, 6) is 0.224. The summed E-state index contributed by atoms with van der Waals surface area (Å²) in [4.78, 5) is 21.0. The molecule has 1 saturated carbocycles. The van der Waals surface area contributed by atoms with Gasteiger partial charge in [0.2, 0.25) is 5.91 Å². The molecule has 4 nitrogen and oxygen atoms in total. The summed E-state index contributed by atoms with van der Waals surface area (Å²) in [6.07, 6.45) is 5.25. The third-order valence-corrected chi connectivity index (χ3v) is 6.46. The Bertz CT molecular complexity index is 782. The van der Waals surface area contributed by atoms with Crippen LogP contribution >= 0.6 is 11.3 Å². The summed E-state index contributed by atoms with van der Waals surface area (Å²) in [7, 11) is 0. The van der Waals surface area contributed by atoms with Crippen molar-refractivity contribution >= 4 is 17.2 Å². The molecule has 5 heteroatoms. The molecule has 0 radical (unpaired) electrons. The van der Waals surface area contributed by atoms with Crippen LogP contribution in [0.1, 0.15) is 41.1 Å². The first-order valence-electron chi connectivity index (χ1n) is 9.56. The van der Waals surface area contributed by atoms with E-state index in [0.29, 0.717) is 13.0 Å². The lowest BCUT2D eigenvalue weighted by atomic mass is 9.90. The highest BCUT2D eigenvalue weighted by Gasteiger charge is 2.36. The highest BCUT2D eigenvalue weighted by Crippen LogP contribution is 2.32. The molecular formula is C21H26N2O2S. The number of amides is 1. The Morgan fingerprint density at radius 3 is 2.81 bits per heavy atom. The molecule has 1 aliphatic carbocycles. The maximum absolute atomic E-state index is 13.1. The lowest BCUT2D eigenvalue weighted by molar-refractivity contribution is -0.148. The number of nitrogens with zero attached hydrogens (tertiary/aromatic N) is 2. The van der Waals surface area contributed by atoms with E-state index in [1.807, 2.05) is 6.92 Å². The number of carbonyl (C=O) groups is 1. The predicted octanol–water partition coefficient (Wildman–Crippen LogP) is 4.14. The summed E-state index contributed by atoms with van der Waals surface area (Å²) >= 11 is 1.65. The molecule has 2 heterocycles. The highest BCUT2D eigenvalue weighted by molar-refractivity contribution is 7.12. The van der Waals surface area contributed by atoms with E-state index in [0.717, 1.165) is 40.5 Å². The van der Waals surface area contributed by atoms with Gasteiger partial charge in [0, 0.05) is 17.0 Å². The van der Waals surface area contributed by atoms with Crippen molar-refractivity contribution in [2.75, 3.05) is 13.2 Å². The van der Waals surface area contributed by atoms with E-state index in [1.165, 1.54) is 18.4 Å². The van der Waals surface area contributed by atoms with Gasteiger partial charge in [0.05, 0.1) is 35.9 Å². The van der Waals surface area contributed by atoms with Gasteiger partial charge >= 0.3 is 0 Å². The molecule has 1 aromatic heterocycles. The van der Waals surface area contributed by atoms with Crippen LogP contribution in [-0.2, 0) is 16.0 Å². The van der Waals surface area contributed by atoms with Crippen molar-refractivity contribution in [1.29, 1.82) is 0 Å². The second kappa shape index (κ2) is 7.49.